The Balaban J connectivity index is 0.000000380. The van der Waals surface area contributed by atoms with E-state index in [0.29, 0.717) is 5.92 Å². The summed E-state index contributed by atoms with van der Waals surface area (Å²) in [5, 5.41) is 17.7. The molecule has 6 nitrogen and oxygen atoms in total. The molecule has 2 aromatic carbocycles. The van der Waals surface area contributed by atoms with Gasteiger partial charge in [-0.3, -0.25) is 0 Å². The lowest BCUT2D eigenvalue weighted by molar-refractivity contribution is -0.136. The molecule has 0 saturated carbocycles. The van der Waals surface area contributed by atoms with Crippen LogP contribution in [0.25, 0.3) is 11.6 Å². The Morgan fingerprint density at radius 3 is 2.09 bits per heavy atom. The second-order valence-electron chi connectivity index (χ2n) is 7.75. The highest BCUT2D eigenvalue weighted by Crippen LogP contribution is 2.30. The Hall–Kier alpha value is -3.54. The molecule has 0 aliphatic rings. The standard InChI is InChI=1S/C18H26O3.C10H10O3/c1-4-6-10-14(5-2)13-16(17(21-3)18(19)20)15-11-8-7-9-12-15;1-13-9-5-2-8(3-6-9)4-7-10(11)12/h7-9,11-12,14H,4-6,10,13H2,1-3H3,(H,19,20);2-7H,1H3,(H,11,12). The number of unbranched alkanes of at least 4 members (excludes halogenated alkanes) is 1. The van der Waals surface area contributed by atoms with E-state index in [0.717, 1.165) is 54.2 Å². The van der Waals surface area contributed by atoms with Crippen LogP contribution in [0.4, 0.5) is 0 Å². The average Bonchev–Trinajstić information content (AvgIpc) is 2.85. The van der Waals surface area contributed by atoms with Gasteiger partial charge in [0.15, 0.2) is 0 Å². The van der Waals surface area contributed by atoms with Crippen LogP contribution >= 0.6 is 0 Å². The number of ether oxygens (including phenoxy) is 2. The number of aliphatic carboxylic acids is 2. The van der Waals surface area contributed by atoms with Crippen molar-refractivity contribution in [2.24, 2.45) is 5.92 Å². The molecule has 0 aliphatic heterocycles. The number of rotatable bonds is 12. The fourth-order valence-corrected chi connectivity index (χ4v) is 3.44. The maximum atomic E-state index is 11.4. The predicted octanol–water partition coefficient (Wildman–Crippen LogP) is 6.53. The van der Waals surface area contributed by atoms with E-state index in [2.05, 4.69) is 13.8 Å². The van der Waals surface area contributed by atoms with Crippen LogP contribution in [-0.2, 0) is 14.3 Å². The quantitative estimate of drug-likeness (QED) is 0.272. The molecule has 1 unspecified atom stereocenters. The number of carboxylic acid groups (broad SMARTS) is 2. The van der Waals surface area contributed by atoms with Crippen LogP contribution in [0, 0.1) is 5.92 Å². The summed E-state index contributed by atoms with van der Waals surface area (Å²) in [5.41, 5.74) is 2.57. The summed E-state index contributed by atoms with van der Waals surface area (Å²) in [7, 11) is 3.02. The number of carboxylic acids is 2. The van der Waals surface area contributed by atoms with E-state index in [4.69, 9.17) is 14.6 Å². The molecule has 2 aromatic rings. The molecule has 1 atom stereocenters. The first-order chi connectivity index (χ1) is 16.4. The number of methoxy groups -OCH3 is 2. The van der Waals surface area contributed by atoms with Gasteiger partial charge in [0.25, 0.3) is 0 Å². The van der Waals surface area contributed by atoms with Crippen molar-refractivity contribution >= 4 is 23.6 Å². The van der Waals surface area contributed by atoms with Crippen molar-refractivity contribution in [1.82, 2.24) is 0 Å². The zero-order valence-electron chi connectivity index (χ0n) is 20.5. The first kappa shape index (κ1) is 28.5. The zero-order chi connectivity index (χ0) is 25.3. The highest BCUT2D eigenvalue weighted by atomic mass is 16.5. The molecule has 0 radical (unpaired) electrons. The minimum atomic E-state index is -0.998. The Morgan fingerprint density at radius 1 is 0.971 bits per heavy atom. The Kier molecular flexibility index (Phi) is 13.5. The Labute approximate surface area is 202 Å². The van der Waals surface area contributed by atoms with E-state index in [1.165, 1.54) is 19.6 Å². The summed E-state index contributed by atoms with van der Waals surface area (Å²) < 4.78 is 10.1. The number of benzene rings is 2. The fraction of sp³-hybridized carbons (Fsp3) is 0.357. The van der Waals surface area contributed by atoms with Crippen molar-refractivity contribution in [3.63, 3.8) is 0 Å². The third-order valence-corrected chi connectivity index (χ3v) is 5.36. The van der Waals surface area contributed by atoms with Gasteiger partial charge in [-0.1, -0.05) is 82.0 Å². The van der Waals surface area contributed by atoms with E-state index in [1.54, 1.807) is 31.4 Å². The molecule has 2 rings (SSSR count). The zero-order valence-corrected chi connectivity index (χ0v) is 20.5. The normalized spacial score (nSPS) is 12.2. The molecule has 34 heavy (non-hydrogen) atoms. The molecule has 6 heteroatoms. The van der Waals surface area contributed by atoms with Gasteiger partial charge in [0.2, 0.25) is 5.76 Å². The van der Waals surface area contributed by atoms with Crippen molar-refractivity contribution in [1.29, 1.82) is 0 Å². The summed E-state index contributed by atoms with van der Waals surface area (Å²) >= 11 is 0. The molecular formula is C28H36O6. The second-order valence-corrected chi connectivity index (χ2v) is 7.75. The lowest BCUT2D eigenvalue weighted by Gasteiger charge is -2.19. The third-order valence-electron chi connectivity index (χ3n) is 5.36. The van der Waals surface area contributed by atoms with E-state index in [-0.39, 0.29) is 5.76 Å². The van der Waals surface area contributed by atoms with Crippen LogP contribution < -0.4 is 4.74 Å². The lowest BCUT2D eigenvalue weighted by Crippen LogP contribution is -2.10. The predicted molar refractivity (Wildman–Crippen MR) is 136 cm³/mol. The van der Waals surface area contributed by atoms with Gasteiger partial charge in [-0.25, -0.2) is 9.59 Å². The number of allylic oxidation sites excluding steroid dienone is 1. The van der Waals surface area contributed by atoms with Crippen molar-refractivity contribution in [3.05, 3.63) is 77.6 Å². The van der Waals surface area contributed by atoms with E-state index < -0.39 is 11.9 Å². The molecular weight excluding hydrogens is 432 g/mol. The van der Waals surface area contributed by atoms with Gasteiger partial charge >= 0.3 is 11.9 Å². The largest absolute Gasteiger partial charge is 0.497 e. The van der Waals surface area contributed by atoms with Gasteiger partial charge in [-0.2, -0.15) is 0 Å². The lowest BCUT2D eigenvalue weighted by atomic mass is 9.88. The van der Waals surface area contributed by atoms with Gasteiger partial charge in [-0.15, -0.1) is 0 Å². The van der Waals surface area contributed by atoms with Crippen molar-refractivity contribution in [3.8, 4) is 5.75 Å². The SMILES string of the molecule is CCCCC(CC)CC(=C(OC)C(=O)O)c1ccccc1.COc1ccc(C=CC(=O)O)cc1. The van der Waals surface area contributed by atoms with Gasteiger partial charge in [0.1, 0.15) is 5.75 Å². The monoisotopic (exact) mass is 468 g/mol. The average molecular weight is 469 g/mol. The summed E-state index contributed by atoms with van der Waals surface area (Å²) in [6, 6.07) is 16.8. The van der Waals surface area contributed by atoms with Crippen LogP contribution in [0.3, 0.4) is 0 Å². The maximum absolute atomic E-state index is 11.4. The van der Waals surface area contributed by atoms with Crippen LogP contribution in [0.1, 0.15) is 57.1 Å². The highest BCUT2D eigenvalue weighted by molar-refractivity contribution is 5.94. The van der Waals surface area contributed by atoms with E-state index >= 15 is 0 Å². The molecule has 0 fully saturated rings. The van der Waals surface area contributed by atoms with Gasteiger partial charge in [-0.05, 0) is 41.7 Å². The highest BCUT2D eigenvalue weighted by Gasteiger charge is 2.20. The summed E-state index contributed by atoms with van der Waals surface area (Å²) in [4.78, 5) is 21.6. The first-order valence-electron chi connectivity index (χ1n) is 11.5. The first-order valence-corrected chi connectivity index (χ1v) is 11.5. The minimum absolute atomic E-state index is 0.0659. The molecule has 0 heterocycles. The maximum Gasteiger partial charge on any atom is 0.371 e. The molecule has 0 bridgehead atoms. The van der Waals surface area contributed by atoms with Gasteiger partial charge < -0.3 is 19.7 Å². The van der Waals surface area contributed by atoms with E-state index in [1.807, 2.05) is 30.3 Å². The van der Waals surface area contributed by atoms with Gasteiger partial charge in [0.05, 0.1) is 14.2 Å². The van der Waals surface area contributed by atoms with Crippen molar-refractivity contribution in [2.45, 2.75) is 46.0 Å². The summed E-state index contributed by atoms with van der Waals surface area (Å²) in [6.07, 6.45) is 7.89. The van der Waals surface area contributed by atoms with Crippen molar-refractivity contribution < 1.29 is 29.3 Å². The number of hydrogen-bond acceptors (Lipinski definition) is 4. The van der Waals surface area contributed by atoms with Crippen molar-refractivity contribution in [2.75, 3.05) is 14.2 Å². The molecule has 2 N–H and O–H groups in total. The third kappa shape index (κ3) is 10.4. The summed E-state index contributed by atoms with van der Waals surface area (Å²) in [6.45, 7) is 4.34. The second kappa shape index (κ2) is 16.1. The van der Waals surface area contributed by atoms with Crippen LogP contribution in [-0.4, -0.2) is 36.4 Å². The molecule has 0 saturated heterocycles. The minimum Gasteiger partial charge on any atom is -0.497 e. The molecule has 184 valence electrons. The molecule has 0 aliphatic carbocycles. The van der Waals surface area contributed by atoms with Crippen LogP contribution in [0.15, 0.2) is 66.4 Å². The topological polar surface area (TPSA) is 93.1 Å². The number of carbonyl (C=O) groups is 2. The molecule has 0 amide bonds. The Bertz CT molecular complexity index is 929. The summed E-state index contributed by atoms with van der Waals surface area (Å²) in [5.74, 6) is -0.634. The molecule has 0 aromatic heterocycles. The fourth-order valence-electron chi connectivity index (χ4n) is 3.44. The van der Waals surface area contributed by atoms with Gasteiger partial charge in [0, 0.05) is 11.6 Å². The number of hydrogen-bond donors (Lipinski definition) is 2. The molecule has 0 spiro atoms. The van der Waals surface area contributed by atoms with Crippen LogP contribution in [0.5, 0.6) is 5.75 Å². The van der Waals surface area contributed by atoms with E-state index in [9.17, 15) is 14.7 Å². The smallest absolute Gasteiger partial charge is 0.371 e. The Morgan fingerprint density at radius 2 is 1.62 bits per heavy atom. The van der Waals surface area contributed by atoms with Crippen LogP contribution in [0.2, 0.25) is 0 Å².